The lowest BCUT2D eigenvalue weighted by atomic mass is 9.89. The molecule has 0 aromatic rings. The summed E-state index contributed by atoms with van der Waals surface area (Å²) in [5.74, 6) is 0.240. The van der Waals surface area contributed by atoms with E-state index in [1.807, 2.05) is 0 Å². The SMILES string of the molecule is COC(=O)/C=C/CC(C=O)C1CCCC1. The van der Waals surface area contributed by atoms with Gasteiger partial charge in [-0.15, -0.1) is 0 Å². The highest BCUT2D eigenvalue weighted by atomic mass is 16.5. The molecule has 84 valence electrons. The molecule has 1 aliphatic rings. The van der Waals surface area contributed by atoms with Gasteiger partial charge >= 0.3 is 5.97 Å². The summed E-state index contributed by atoms with van der Waals surface area (Å²) in [5.41, 5.74) is 0. The molecule has 1 unspecified atom stereocenters. The van der Waals surface area contributed by atoms with Gasteiger partial charge in [-0.05, 0) is 25.2 Å². The Morgan fingerprint density at radius 1 is 1.47 bits per heavy atom. The van der Waals surface area contributed by atoms with Crippen LogP contribution >= 0.6 is 0 Å². The van der Waals surface area contributed by atoms with Gasteiger partial charge in [-0.2, -0.15) is 0 Å². The standard InChI is InChI=1S/C12H18O3/c1-15-12(14)8-4-7-11(9-13)10-5-2-3-6-10/h4,8-11H,2-3,5-7H2,1H3/b8-4+. The van der Waals surface area contributed by atoms with E-state index in [-0.39, 0.29) is 11.9 Å². The van der Waals surface area contributed by atoms with Crippen LogP contribution in [-0.4, -0.2) is 19.4 Å². The number of hydrogen-bond donors (Lipinski definition) is 0. The van der Waals surface area contributed by atoms with Gasteiger partial charge in [-0.25, -0.2) is 4.79 Å². The van der Waals surface area contributed by atoms with Crippen LogP contribution in [0.2, 0.25) is 0 Å². The highest BCUT2D eigenvalue weighted by Crippen LogP contribution is 2.32. The van der Waals surface area contributed by atoms with Gasteiger partial charge in [0.25, 0.3) is 0 Å². The fourth-order valence-corrected chi connectivity index (χ4v) is 2.13. The summed E-state index contributed by atoms with van der Waals surface area (Å²) in [6.45, 7) is 0. The zero-order valence-corrected chi connectivity index (χ0v) is 9.15. The van der Waals surface area contributed by atoms with Crippen LogP contribution in [0.3, 0.4) is 0 Å². The largest absolute Gasteiger partial charge is 0.466 e. The number of rotatable bonds is 5. The van der Waals surface area contributed by atoms with Crippen molar-refractivity contribution < 1.29 is 14.3 Å². The number of carbonyl (C=O) groups excluding carboxylic acids is 2. The van der Waals surface area contributed by atoms with Crippen LogP contribution in [0.4, 0.5) is 0 Å². The molecule has 3 heteroatoms. The number of methoxy groups -OCH3 is 1. The second kappa shape index (κ2) is 6.38. The molecule has 1 atom stereocenters. The molecule has 0 amide bonds. The summed E-state index contributed by atoms with van der Waals surface area (Å²) < 4.78 is 4.48. The highest BCUT2D eigenvalue weighted by Gasteiger charge is 2.23. The minimum absolute atomic E-state index is 0.0772. The molecule has 0 spiro atoms. The normalized spacial score (nSPS) is 19.3. The van der Waals surface area contributed by atoms with Gasteiger partial charge in [0.2, 0.25) is 0 Å². The monoisotopic (exact) mass is 210 g/mol. The summed E-state index contributed by atoms with van der Waals surface area (Å²) in [7, 11) is 1.35. The van der Waals surface area contributed by atoms with E-state index in [0.29, 0.717) is 12.3 Å². The maximum absolute atomic E-state index is 10.9. The van der Waals surface area contributed by atoms with Gasteiger partial charge in [0.15, 0.2) is 0 Å². The Labute approximate surface area is 90.5 Å². The summed E-state index contributed by atoms with van der Waals surface area (Å²) in [6, 6.07) is 0. The summed E-state index contributed by atoms with van der Waals surface area (Å²) >= 11 is 0. The maximum atomic E-state index is 10.9. The summed E-state index contributed by atoms with van der Waals surface area (Å²) in [6.07, 6.45) is 9.58. The van der Waals surface area contributed by atoms with Gasteiger partial charge in [-0.1, -0.05) is 18.9 Å². The van der Waals surface area contributed by atoms with Crippen molar-refractivity contribution in [3.63, 3.8) is 0 Å². The fraction of sp³-hybridized carbons (Fsp3) is 0.667. The van der Waals surface area contributed by atoms with Crippen molar-refractivity contribution in [3.05, 3.63) is 12.2 Å². The first-order chi connectivity index (χ1) is 7.27. The molecular weight excluding hydrogens is 192 g/mol. The molecule has 0 radical (unpaired) electrons. The Balaban J connectivity index is 2.36. The average Bonchev–Trinajstić information content (AvgIpc) is 2.77. The van der Waals surface area contributed by atoms with Crippen LogP contribution in [0.1, 0.15) is 32.1 Å². The van der Waals surface area contributed by atoms with Crippen LogP contribution in [0.25, 0.3) is 0 Å². The molecule has 0 aromatic carbocycles. The van der Waals surface area contributed by atoms with Gasteiger partial charge in [0, 0.05) is 12.0 Å². The van der Waals surface area contributed by atoms with Crippen molar-refractivity contribution in [3.8, 4) is 0 Å². The molecule has 15 heavy (non-hydrogen) atoms. The minimum Gasteiger partial charge on any atom is -0.466 e. The lowest BCUT2D eigenvalue weighted by Gasteiger charge is -2.14. The Hall–Kier alpha value is -1.12. The lowest BCUT2D eigenvalue weighted by molar-refractivity contribution is -0.134. The maximum Gasteiger partial charge on any atom is 0.330 e. The van der Waals surface area contributed by atoms with E-state index in [4.69, 9.17) is 0 Å². The minimum atomic E-state index is -0.355. The second-order valence-corrected chi connectivity index (χ2v) is 4.01. The second-order valence-electron chi connectivity index (χ2n) is 4.01. The van der Waals surface area contributed by atoms with Crippen molar-refractivity contribution in [1.82, 2.24) is 0 Å². The van der Waals surface area contributed by atoms with Gasteiger partial charge in [-0.3, -0.25) is 0 Å². The third-order valence-corrected chi connectivity index (χ3v) is 3.04. The molecule has 0 heterocycles. The lowest BCUT2D eigenvalue weighted by Crippen LogP contribution is -2.12. The van der Waals surface area contributed by atoms with E-state index in [1.165, 1.54) is 26.0 Å². The number of aldehydes is 1. The van der Waals surface area contributed by atoms with E-state index in [2.05, 4.69) is 4.74 Å². The van der Waals surface area contributed by atoms with Crippen molar-refractivity contribution in [2.75, 3.05) is 7.11 Å². The molecule has 1 fully saturated rings. The molecular formula is C12H18O3. The molecule has 3 nitrogen and oxygen atoms in total. The number of carbonyl (C=O) groups is 2. The van der Waals surface area contributed by atoms with E-state index in [0.717, 1.165) is 19.1 Å². The summed E-state index contributed by atoms with van der Waals surface area (Å²) in [4.78, 5) is 21.7. The molecule has 1 rings (SSSR count). The van der Waals surface area contributed by atoms with E-state index in [1.54, 1.807) is 6.08 Å². The number of hydrogen-bond acceptors (Lipinski definition) is 3. The Morgan fingerprint density at radius 3 is 2.67 bits per heavy atom. The zero-order valence-electron chi connectivity index (χ0n) is 9.15. The number of esters is 1. The van der Waals surface area contributed by atoms with Crippen LogP contribution in [0.5, 0.6) is 0 Å². The zero-order chi connectivity index (χ0) is 11.1. The number of ether oxygens (including phenoxy) is 1. The van der Waals surface area contributed by atoms with Gasteiger partial charge < -0.3 is 9.53 Å². The molecule has 0 aromatic heterocycles. The van der Waals surface area contributed by atoms with E-state index >= 15 is 0 Å². The first-order valence-corrected chi connectivity index (χ1v) is 5.47. The third kappa shape index (κ3) is 3.86. The van der Waals surface area contributed by atoms with Crippen LogP contribution < -0.4 is 0 Å². The summed E-state index contributed by atoms with van der Waals surface area (Å²) in [5, 5.41) is 0. The van der Waals surface area contributed by atoms with Crippen LogP contribution in [0.15, 0.2) is 12.2 Å². The predicted octanol–water partition coefficient (Wildman–Crippen LogP) is 2.11. The topological polar surface area (TPSA) is 43.4 Å². The third-order valence-electron chi connectivity index (χ3n) is 3.04. The fourth-order valence-electron chi connectivity index (χ4n) is 2.13. The highest BCUT2D eigenvalue weighted by molar-refractivity contribution is 5.81. The van der Waals surface area contributed by atoms with Crippen molar-refractivity contribution in [1.29, 1.82) is 0 Å². The van der Waals surface area contributed by atoms with Crippen molar-refractivity contribution in [2.45, 2.75) is 32.1 Å². The Bertz CT molecular complexity index is 239. The molecule has 1 saturated carbocycles. The molecule has 0 N–H and O–H groups in total. The van der Waals surface area contributed by atoms with Crippen molar-refractivity contribution >= 4 is 12.3 Å². The molecule has 0 bridgehead atoms. The first kappa shape index (κ1) is 12.0. The Kier molecular flexibility index (Phi) is 5.08. The van der Waals surface area contributed by atoms with E-state index < -0.39 is 0 Å². The van der Waals surface area contributed by atoms with Gasteiger partial charge in [0.05, 0.1) is 7.11 Å². The van der Waals surface area contributed by atoms with Crippen LogP contribution in [-0.2, 0) is 14.3 Å². The predicted molar refractivity (Wildman–Crippen MR) is 57.3 cm³/mol. The van der Waals surface area contributed by atoms with Crippen LogP contribution in [0, 0.1) is 11.8 Å². The average molecular weight is 210 g/mol. The van der Waals surface area contributed by atoms with E-state index in [9.17, 15) is 9.59 Å². The smallest absolute Gasteiger partial charge is 0.330 e. The molecule has 1 aliphatic carbocycles. The van der Waals surface area contributed by atoms with Gasteiger partial charge in [0.1, 0.15) is 6.29 Å². The molecule has 0 saturated heterocycles. The first-order valence-electron chi connectivity index (χ1n) is 5.47. The quantitative estimate of drug-likeness (QED) is 0.396. The Morgan fingerprint density at radius 2 is 2.13 bits per heavy atom. The van der Waals surface area contributed by atoms with Crippen molar-refractivity contribution in [2.24, 2.45) is 11.8 Å². The molecule has 0 aliphatic heterocycles. The number of allylic oxidation sites excluding steroid dienone is 1.